The molecule has 0 saturated carbocycles. The van der Waals surface area contributed by atoms with Crippen molar-refractivity contribution in [1.29, 1.82) is 0 Å². The number of halogens is 4. The van der Waals surface area contributed by atoms with Crippen molar-refractivity contribution in [1.82, 2.24) is 10.2 Å². The molecule has 0 heterocycles. The van der Waals surface area contributed by atoms with Gasteiger partial charge in [-0.05, 0) is 23.8 Å². The van der Waals surface area contributed by atoms with Gasteiger partial charge >= 0.3 is 6.18 Å². The van der Waals surface area contributed by atoms with Gasteiger partial charge in [0.1, 0.15) is 0 Å². The Balaban J connectivity index is 2.74. The van der Waals surface area contributed by atoms with Crippen LogP contribution in [0.1, 0.15) is 11.1 Å². The molecule has 8 heteroatoms. The first-order chi connectivity index (χ1) is 10.1. The van der Waals surface area contributed by atoms with Crippen LogP contribution in [0.25, 0.3) is 6.08 Å². The Hall–Kier alpha value is -2.02. The fourth-order valence-corrected chi connectivity index (χ4v) is 1.64. The lowest BCUT2D eigenvalue weighted by Gasteiger charge is -2.10. The van der Waals surface area contributed by atoms with E-state index in [1.54, 1.807) is 0 Å². The summed E-state index contributed by atoms with van der Waals surface area (Å²) in [6, 6.07) is 3.31. The molecule has 0 unspecified atom stereocenters. The minimum atomic E-state index is -4.57. The van der Waals surface area contributed by atoms with E-state index in [-0.39, 0.29) is 18.0 Å². The third-order valence-electron chi connectivity index (χ3n) is 2.64. The number of nitrogens with one attached hydrogen (secondary N) is 1. The average Bonchev–Trinajstić information content (AvgIpc) is 2.42. The molecular weight excluding hydrogens is 321 g/mol. The van der Waals surface area contributed by atoms with Crippen LogP contribution in [-0.2, 0) is 15.8 Å². The molecule has 0 aliphatic carbocycles. The molecule has 0 bridgehead atoms. The van der Waals surface area contributed by atoms with Crippen molar-refractivity contribution in [2.24, 2.45) is 0 Å². The Kier molecular flexibility index (Phi) is 5.99. The molecule has 22 heavy (non-hydrogen) atoms. The van der Waals surface area contributed by atoms with Gasteiger partial charge in [0.05, 0.1) is 17.1 Å². The van der Waals surface area contributed by atoms with Crippen LogP contribution in [0.5, 0.6) is 0 Å². The number of benzene rings is 1. The number of alkyl halides is 3. The molecule has 2 amide bonds. The Bertz CT molecular complexity index is 598. The van der Waals surface area contributed by atoms with Gasteiger partial charge in [0.15, 0.2) is 0 Å². The van der Waals surface area contributed by atoms with E-state index in [1.807, 2.05) is 0 Å². The number of rotatable bonds is 4. The molecule has 1 aromatic carbocycles. The Labute approximate surface area is 130 Å². The van der Waals surface area contributed by atoms with Crippen LogP contribution in [0.3, 0.4) is 0 Å². The summed E-state index contributed by atoms with van der Waals surface area (Å²) in [5, 5.41) is 1.91. The Morgan fingerprint density at radius 2 is 1.95 bits per heavy atom. The second kappa shape index (κ2) is 7.31. The van der Waals surface area contributed by atoms with Crippen molar-refractivity contribution in [3.63, 3.8) is 0 Å². The quantitative estimate of drug-likeness (QED) is 0.860. The maximum Gasteiger partial charge on any atom is 0.417 e. The molecule has 4 nitrogen and oxygen atoms in total. The first-order valence-corrected chi connectivity index (χ1v) is 6.52. The minimum absolute atomic E-state index is 0.172. The third-order valence-corrected chi connectivity index (χ3v) is 2.97. The van der Waals surface area contributed by atoms with E-state index in [0.29, 0.717) is 0 Å². The van der Waals surface area contributed by atoms with E-state index in [1.165, 1.54) is 31.1 Å². The van der Waals surface area contributed by atoms with Crippen molar-refractivity contribution >= 4 is 29.5 Å². The number of nitrogens with zero attached hydrogens (tertiary/aromatic N) is 1. The molecule has 1 N–H and O–H groups in total. The number of amides is 2. The molecule has 0 aliphatic rings. The van der Waals surface area contributed by atoms with Gasteiger partial charge in [-0.15, -0.1) is 0 Å². The Morgan fingerprint density at radius 1 is 1.32 bits per heavy atom. The van der Waals surface area contributed by atoms with Gasteiger partial charge in [0.2, 0.25) is 11.8 Å². The van der Waals surface area contributed by atoms with Crippen LogP contribution in [0.4, 0.5) is 13.2 Å². The number of carbonyl (C=O) groups is 2. The van der Waals surface area contributed by atoms with Crippen LogP contribution in [0, 0.1) is 0 Å². The second-order valence-electron chi connectivity index (χ2n) is 4.58. The highest BCUT2D eigenvalue weighted by atomic mass is 35.5. The number of likely N-dealkylation sites (N-methyl/N-ethyl adjacent to an activating group) is 1. The first-order valence-electron chi connectivity index (χ1n) is 6.14. The molecule has 1 aromatic rings. The van der Waals surface area contributed by atoms with Crippen molar-refractivity contribution < 1.29 is 22.8 Å². The first kappa shape index (κ1) is 18.0. The smallest absolute Gasteiger partial charge is 0.347 e. The van der Waals surface area contributed by atoms with Crippen LogP contribution in [0.15, 0.2) is 24.3 Å². The molecule has 0 aromatic heterocycles. The van der Waals surface area contributed by atoms with Gasteiger partial charge in [-0.2, -0.15) is 13.2 Å². The van der Waals surface area contributed by atoms with Crippen LogP contribution in [0.2, 0.25) is 5.02 Å². The lowest BCUT2D eigenvalue weighted by atomic mass is 10.1. The lowest BCUT2D eigenvalue weighted by Crippen LogP contribution is -2.35. The SMILES string of the molecule is CN(C)C(=O)CNC(=O)/C=C/c1ccc(Cl)c(C(F)(F)F)c1. The average molecular weight is 335 g/mol. The molecule has 1 rings (SSSR count). The molecule has 0 saturated heterocycles. The van der Waals surface area contributed by atoms with Crippen LogP contribution < -0.4 is 5.32 Å². The monoisotopic (exact) mass is 334 g/mol. The summed E-state index contributed by atoms with van der Waals surface area (Å²) in [7, 11) is 3.08. The highest BCUT2D eigenvalue weighted by Gasteiger charge is 2.33. The van der Waals surface area contributed by atoms with Gasteiger partial charge in [-0.25, -0.2) is 0 Å². The highest BCUT2D eigenvalue weighted by molar-refractivity contribution is 6.31. The zero-order chi connectivity index (χ0) is 16.9. The predicted octanol–water partition coefficient (Wildman–Crippen LogP) is 2.58. The number of carbonyl (C=O) groups excluding carboxylic acids is 2. The van der Waals surface area contributed by atoms with E-state index in [4.69, 9.17) is 11.6 Å². The number of hydrogen-bond acceptors (Lipinski definition) is 2. The molecule has 0 spiro atoms. The summed E-state index contributed by atoms with van der Waals surface area (Å²) in [6.07, 6.45) is -2.31. The fourth-order valence-electron chi connectivity index (χ4n) is 1.42. The zero-order valence-electron chi connectivity index (χ0n) is 11.9. The van der Waals surface area contributed by atoms with E-state index in [0.717, 1.165) is 18.2 Å². The molecular formula is C14H14ClF3N2O2. The summed E-state index contributed by atoms with van der Waals surface area (Å²) < 4.78 is 38.0. The van der Waals surface area contributed by atoms with Gasteiger partial charge in [0.25, 0.3) is 0 Å². The zero-order valence-corrected chi connectivity index (χ0v) is 12.6. The number of hydrogen-bond donors (Lipinski definition) is 1. The van der Waals surface area contributed by atoms with E-state index >= 15 is 0 Å². The van der Waals surface area contributed by atoms with Crippen molar-refractivity contribution in [2.75, 3.05) is 20.6 Å². The third kappa shape index (κ3) is 5.40. The maximum absolute atomic E-state index is 12.7. The standard InChI is InChI=1S/C14H14ClF3N2O2/c1-20(2)13(22)8-19-12(21)6-4-9-3-5-11(15)10(7-9)14(16,17)18/h3-7H,8H2,1-2H3,(H,19,21)/b6-4+. The van der Waals surface area contributed by atoms with Crippen LogP contribution >= 0.6 is 11.6 Å². The largest absolute Gasteiger partial charge is 0.417 e. The molecule has 0 radical (unpaired) electrons. The van der Waals surface area contributed by atoms with Gasteiger partial charge in [-0.1, -0.05) is 17.7 Å². The van der Waals surface area contributed by atoms with E-state index in [9.17, 15) is 22.8 Å². The maximum atomic E-state index is 12.7. The normalized spacial score (nSPS) is 11.5. The minimum Gasteiger partial charge on any atom is -0.347 e. The molecule has 0 aliphatic heterocycles. The lowest BCUT2D eigenvalue weighted by molar-refractivity contribution is -0.137. The van der Waals surface area contributed by atoms with Crippen molar-refractivity contribution in [3.8, 4) is 0 Å². The summed E-state index contributed by atoms with van der Waals surface area (Å²) in [5.41, 5.74) is -0.801. The Morgan fingerprint density at radius 3 is 2.50 bits per heavy atom. The predicted molar refractivity (Wildman–Crippen MR) is 77.2 cm³/mol. The summed E-state index contributed by atoms with van der Waals surface area (Å²) in [5.74, 6) is -0.883. The highest BCUT2D eigenvalue weighted by Crippen LogP contribution is 2.35. The van der Waals surface area contributed by atoms with Gasteiger partial charge in [0, 0.05) is 20.2 Å². The van der Waals surface area contributed by atoms with Crippen molar-refractivity contribution in [3.05, 3.63) is 40.4 Å². The second-order valence-corrected chi connectivity index (χ2v) is 4.98. The van der Waals surface area contributed by atoms with Crippen LogP contribution in [-0.4, -0.2) is 37.4 Å². The van der Waals surface area contributed by atoms with E-state index < -0.39 is 22.7 Å². The molecule has 0 fully saturated rings. The molecule has 0 atom stereocenters. The summed E-state index contributed by atoms with van der Waals surface area (Å²) in [6.45, 7) is -0.190. The van der Waals surface area contributed by atoms with Crippen molar-refractivity contribution in [2.45, 2.75) is 6.18 Å². The van der Waals surface area contributed by atoms with Gasteiger partial charge in [-0.3, -0.25) is 9.59 Å². The van der Waals surface area contributed by atoms with Gasteiger partial charge < -0.3 is 10.2 Å². The topological polar surface area (TPSA) is 49.4 Å². The fraction of sp³-hybridized carbons (Fsp3) is 0.286. The summed E-state index contributed by atoms with van der Waals surface area (Å²) in [4.78, 5) is 24.0. The summed E-state index contributed by atoms with van der Waals surface area (Å²) >= 11 is 5.49. The van der Waals surface area contributed by atoms with E-state index in [2.05, 4.69) is 5.32 Å². The molecule has 120 valence electrons.